The van der Waals surface area contributed by atoms with Crippen molar-refractivity contribution in [2.24, 2.45) is 28.6 Å². The molecule has 9 nitrogen and oxygen atoms in total. The lowest BCUT2D eigenvalue weighted by atomic mass is 9.47. The molecule has 0 radical (unpaired) electrons. The standard InChI is InChI=1S/C24H36O9/c1-14-7-8-18-23(3,13-33-15(2)25)9-6-10-24(18,4)17(14)12-32-20(21(28)29)16(11-19(26)27)22(30)31-5/h16-18,20H,1,6-13H2,2-5H3,(H,26,27)(H,28,29)/t16-,17+,18+,20-,23+,24-/m1/s1. The van der Waals surface area contributed by atoms with Crippen LogP contribution in [0.2, 0.25) is 0 Å². The highest BCUT2D eigenvalue weighted by atomic mass is 16.5. The number of fused-ring (bicyclic) bond motifs is 1. The number of hydrogen-bond donors (Lipinski definition) is 2. The zero-order chi connectivity index (χ0) is 25.0. The first-order valence-electron chi connectivity index (χ1n) is 11.3. The zero-order valence-corrected chi connectivity index (χ0v) is 19.9. The second-order valence-electron chi connectivity index (χ2n) is 9.92. The van der Waals surface area contributed by atoms with E-state index in [1.54, 1.807) is 0 Å². The Morgan fingerprint density at radius 1 is 1.18 bits per heavy atom. The van der Waals surface area contributed by atoms with Crippen LogP contribution in [0.5, 0.6) is 0 Å². The quantitative estimate of drug-likeness (QED) is 0.366. The number of carboxylic acids is 2. The molecule has 0 unspecified atom stereocenters. The van der Waals surface area contributed by atoms with E-state index in [0.717, 1.165) is 44.8 Å². The van der Waals surface area contributed by atoms with Crippen LogP contribution in [-0.2, 0) is 33.4 Å². The number of esters is 2. The molecule has 0 spiro atoms. The minimum Gasteiger partial charge on any atom is -0.481 e. The maximum atomic E-state index is 12.1. The maximum Gasteiger partial charge on any atom is 0.333 e. The zero-order valence-electron chi connectivity index (χ0n) is 19.9. The smallest absolute Gasteiger partial charge is 0.333 e. The summed E-state index contributed by atoms with van der Waals surface area (Å²) in [5.41, 5.74) is 0.461. The van der Waals surface area contributed by atoms with E-state index in [-0.39, 0.29) is 35.2 Å². The normalized spacial score (nSPS) is 31.1. The van der Waals surface area contributed by atoms with Crippen LogP contribution in [0.1, 0.15) is 59.3 Å². The highest BCUT2D eigenvalue weighted by molar-refractivity contribution is 5.86. The molecule has 0 aromatic rings. The average molecular weight is 469 g/mol. The molecule has 0 amide bonds. The summed E-state index contributed by atoms with van der Waals surface area (Å²) in [4.78, 5) is 46.7. The summed E-state index contributed by atoms with van der Waals surface area (Å²) in [7, 11) is 1.08. The molecule has 2 aliphatic carbocycles. The maximum absolute atomic E-state index is 12.1. The van der Waals surface area contributed by atoms with Crippen LogP contribution in [0.25, 0.3) is 0 Å². The Morgan fingerprint density at radius 2 is 1.85 bits per heavy atom. The second-order valence-corrected chi connectivity index (χ2v) is 9.92. The first kappa shape index (κ1) is 26.8. The van der Waals surface area contributed by atoms with E-state index in [9.17, 15) is 24.3 Å². The van der Waals surface area contributed by atoms with Gasteiger partial charge in [-0.2, -0.15) is 0 Å². The summed E-state index contributed by atoms with van der Waals surface area (Å²) in [6.07, 6.45) is 1.97. The average Bonchev–Trinajstić information content (AvgIpc) is 2.72. The van der Waals surface area contributed by atoms with Gasteiger partial charge in [0.1, 0.15) is 5.92 Å². The summed E-state index contributed by atoms with van der Waals surface area (Å²) >= 11 is 0. The Bertz CT molecular complexity index is 791. The molecule has 2 saturated carbocycles. The Balaban J connectivity index is 2.27. The molecule has 2 aliphatic rings. The molecule has 0 aromatic carbocycles. The molecule has 2 rings (SSSR count). The minimum atomic E-state index is -1.65. The molecule has 0 aromatic heterocycles. The summed E-state index contributed by atoms with van der Waals surface area (Å²) in [6.45, 7) is 10.2. The van der Waals surface area contributed by atoms with Crippen LogP contribution in [0.15, 0.2) is 12.2 Å². The van der Waals surface area contributed by atoms with Crippen LogP contribution in [0, 0.1) is 28.6 Å². The highest BCUT2D eigenvalue weighted by Crippen LogP contribution is 2.61. The van der Waals surface area contributed by atoms with Gasteiger partial charge in [-0.25, -0.2) is 4.79 Å². The van der Waals surface area contributed by atoms with Crippen molar-refractivity contribution in [3.8, 4) is 0 Å². The molecule has 2 N–H and O–H groups in total. The van der Waals surface area contributed by atoms with Gasteiger partial charge >= 0.3 is 23.9 Å². The number of methoxy groups -OCH3 is 1. The lowest BCUT2D eigenvalue weighted by Gasteiger charge is -2.58. The molecule has 6 atom stereocenters. The predicted octanol–water partition coefficient (Wildman–Crippen LogP) is 3.06. The fraction of sp³-hybridized carbons (Fsp3) is 0.750. The Labute approximate surface area is 194 Å². The molecule has 0 saturated heterocycles. The van der Waals surface area contributed by atoms with E-state index in [2.05, 4.69) is 25.2 Å². The van der Waals surface area contributed by atoms with Crippen molar-refractivity contribution in [1.29, 1.82) is 0 Å². The number of ether oxygens (including phenoxy) is 3. The summed E-state index contributed by atoms with van der Waals surface area (Å²) < 4.78 is 15.8. The Kier molecular flexibility index (Phi) is 8.68. The fourth-order valence-corrected chi connectivity index (χ4v) is 6.04. The summed E-state index contributed by atoms with van der Waals surface area (Å²) in [5.74, 6) is -5.44. The van der Waals surface area contributed by atoms with Gasteiger partial charge in [0.2, 0.25) is 0 Å². The number of carbonyl (C=O) groups is 4. The van der Waals surface area contributed by atoms with Crippen LogP contribution in [0.3, 0.4) is 0 Å². The molecule has 186 valence electrons. The van der Waals surface area contributed by atoms with Gasteiger partial charge in [0.25, 0.3) is 0 Å². The van der Waals surface area contributed by atoms with Crippen LogP contribution in [0.4, 0.5) is 0 Å². The molecule has 9 heteroatoms. The SMILES string of the molecule is C=C1CC[C@H]2[C@](C)(COC(C)=O)CCC[C@]2(C)[C@H]1CO[C@@H](C(=O)O)[C@@H](CC(=O)O)C(=O)OC. The van der Waals surface area contributed by atoms with E-state index in [0.29, 0.717) is 6.61 Å². The van der Waals surface area contributed by atoms with Gasteiger partial charge < -0.3 is 24.4 Å². The van der Waals surface area contributed by atoms with Crippen molar-refractivity contribution in [2.75, 3.05) is 20.3 Å². The van der Waals surface area contributed by atoms with Crippen LogP contribution in [-0.4, -0.2) is 60.5 Å². The van der Waals surface area contributed by atoms with Crippen LogP contribution >= 0.6 is 0 Å². The molecular weight excluding hydrogens is 432 g/mol. The third kappa shape index (κ3) is 5.93. The molecule has 33 heavy (non-hydrogen) atoms. The summed E-state index contributed by atoms with van der Waals surface area (Å²) in [6, 6.07) is 0. The van der Waals surface area contributed by atoms with Gasteiger partial charge in [-0.15, -0.1) is 0 Å². The summed E-state index contributed by atoms with van der Waals surface area (Å²) in [5, 5.41) is 18.9. The van der Waals surface area contributed by atoms with Crippen molar-refractivity contribution < 1.29 is 43.6 Å². The number of aliphatic carboxylic acids is 2. The first-order chi connectivity index (χ1) is 15.4. The van der Waals surface area contributed by atoms with E-state index in [1.165, 1.54) is 6.92 Å². The Hall–Kier alpha value is -2.42. The monoisotopic (exact) mass is 468 g/mol. The van der Waals surface area contributed by atoms with Crippen molar-refractivity contribution in [3.05, 3.63) is 12.2 Å². The van der Waals surface area contributed by atoms with E-state index < -0.39 is 36.4 Å². The van der Waals surface area contributed by atoms with Gasteiger partial charge in [0, 0.05) is 18.3 Å². The van der Waals surface area contributed by atoms with Crippen LogP contribution < -0.4 is 0 Å². The number of carboxylic acid groups (broad SMARTS) is 2. The molecule has 0 heterocycles. The number of hydrogen-bond acceptors (Lipinski definition) is 7. The molecular formula is C24H36O9. The molecule has 0 aliphatic heterocycles. The second kappa shape index (κ2) is 10.7. The number of carbonyl (C=O) groups excluding carboxylic acids is 2. The Morgan fingerprint density at radius 3 is 2.39 bits per heavy atom. The van der Waals surface area contributed by atoms with E-state index in [4.69, 9.17) is 14.6 Å². The lowest BCUT2D eigenvalue weighted by molar-refractivity contribution is -0.173. The van der Waals surface area contributed by atoms with E-state index >= 15 is 0 Å². The fourth-order valence-electron chi connectivity index (χ4n) is 6.04. The van der Waals surface area contributed by atoms with E-state index in [1.807, 2.05) is 0 Å². The van der Waals surface area contributed by atoms with Gasteiger partial charge in [-0.1, -0.05) is 32.4 Å². The van der Waals surface area contributed by atoms with Crippen molar-refractivity contribution in [3.63, 3.8) is 0 Å². The van der Waals surface area contributed by atoms with Crippen molar-refractivity contribution in [1.82, 2.24) is 0 Å². The largest absolute Gasteiger partial charge is 0.481 e. The third-order valence-electron chi connectivity index (χ3n) is 7.70. The first-order valence-corrected chi connectivity index (χ1v) is 11.3. The molecule has 0 bridgehead atoms. The minimum absolute atomic E-state index is 0.000438. The van der Waals surface area contributed by atoms with Crippen molar-refractivity contribution in [2.45, 2.75) is 65.4 Å². The van der Waals surface area contributed by atoms with Gasteiger partial charge in [0.05, 0.1) is 26.7 Å². The van der Waals surface area contributed by atoms with Gasteiger partial charge in [-0.3, -0.25) is 14.4 Å². The lowest BCUT2D eigenvalue weighted by Crippen LogP contribution is -2.53. The van der Waals surface area contributed by atoms with Gasteiger partial charge in [-0.05, 0) is 37.0 Å². The molecule has 2 fully saturated rings. The van der Waals surface area contributed by atoms with Crippen molar-refractivity contribution >= 4 is 23.9 Å². The number of rotatable bonds is 10. The third-order valence-corrected chi connectivity index (χ3v) is 7.70. The predicted molar refractivity (Wildman–Crippen MR) is 117 cm³/mol. The highest BCUT2D eigenvalue weighted by Gasteiger charge is 2.55. The van der Waals surface area contributed by atoms with Gasteiger partial charge in [0.15, 0.2) is 6.10 Å². The topological polar surface area (TPSA) is 136 Å².